The van der Waals surface area contributed by atoms with E-state index in [0.29, 0.717) is 19.7 Å². The summed E-state index contributed by atoms with van der Waals surface area (Å²) in [4.78, 5) is 6.57. The Morgan fingerprint density at radius 1 is 1.23 bits per heavy atom. The van der Waals surface area contributed by atoms with Gasteiger partial charge in [-0.15, -0.1) is 0 Å². The molecule has 0 radical (unpaired) electrons. The summed E-state index contributed by atoms with van der Waals surface area (Å²) in [5.41, 5.74) is 0. The molecule has 2 aromatic rings. The number of methoxy groups -OCH3 is 1. The van der Waals surface area contributed by atoms with Crippen LogP contribution in [0.15, 0.2) is 50.6 Å². The van der Waals surface area contributed by atoms with Crippen LogP contribution >= 0.6 is 0 Å². The third-order valence-electron chi connectivity index (χ3n) is 3.13. The van der Waals surface area contributed by atoms with E-state index in [-0.39, 0.29) is 0 Å². The molecule has 2 aromatic heterocycles. The second kappa shape index (κ2) is 8.94. The number of guanidine groups is 1. The number of hydrogen-bond donors (Lipinski definition) is 1. The summed E-state index contributed by atoms with van der Waals surface area (Å²) in [6, 6.07) is 7.70. The molecule has 0 aliphatic rings. The zero-order valence-electron chi connectivity index (χ0n) is 13.1. The van der Waals surface area contributed by atoms with Gasteiger partial charge in [-0.2, -0.15) is 0 Å². The predicted molar refractivity (Wildman–Crippen MR) is 84.8 cm³/mol. The Hall–Kier alpha value is -2.21. The molecule has 0 amide bonds. The van der Waals surface area contributed by atoms with Gasteiger partial charge in [0.25, 0.3) is 0 Å². The van der Waals surface area contributed by atoms with E-state index in [4.69, 9.17) is 13.6 Å². The number of rotatable bonds is 8. The number of hydrogen-bond acceptors (Lipinski definition) is 4. The summed E-state index contributed by atoms with van der Waals surface area (Å²) in [6.07, 6.45) is 4.17. The second-order valence-corrected chi connectivity index (χ2v) is 4.89. The van der Waals surface area contributed by atoms with Crippen molar-refractivity contribution >= 4 is 5.96 Å². The highest BCUT2D eigenvalue weighted by Crippen LogP contribution is 2.04. The lowest BCUT2D eigenvalue weighted by atomic mass is 10.3. The van der Waals surface area contributed by atoms with Crippen LogP contribution in [0, 0.1) is 0 Å². The molecule has 2 rings (SSSR count). The molecule has 0 fully saturated rings. The van der Waals surface area contributed by atoms with Crippen LogP contribution in [-0.4, -0.2) is 44.7 Å². The Morgan fingerprint density at radius 3 is 2.59 bits per heavy atom. The van der Waals surface area contributed by atoms with Gasteiger partial charge in [-0.1, -0.05) is 0 Å². The fourth-order valence-electron chi connectivity index (χ4n) is 2.02. The molecule has 0 unspecified atom stereocenters. The summed E-state index contributed by atoms with van der Waals surface area (Å²) in [6.45, 7) is 2.62. The van der Waals surface area contributed by atoms with Crippen LogP contribution in [0.25, 0.3) is 0 Å². The highest BCUT2D eigenvalue weighted by molar-refractivity contribution is 5.79. The average Bonchev–Trinajstić information content (AvgIpc) is 3.19. The van der Waals surface area contributed by atoms with Gasteiger partial charge in [-0.3, -0.25) is 4.99 Å². The van der Waals surface area contributed by atoms with Crippen molar-refractivity contribution in [1.82, 2.24) is 10.2 Å². The van der Waals surface area contributed by atoms with E-state index >= 15 is 0 Å². The lowest BCUT2D eigenvalue weighted by Crippen LogP contribution is -2.39. The molecule has 0 aliphatic heterocycles. The van der Waals surface area contributed by atoms with Crippen LogP contribution in [0.3, 0.4) is 0 Å². The monoisotopic (exact) mass is 305 g/mol. The maximum Gasteiger partial charge on any atom is 0.194 e. The third-order valence-corrected chi connectivity index (χ3v) is 3.13. The maximum atomic E-state index is 5.38. The van der Waals surface area contributed by atoms with Gasteiger partial charge in [-0.25, -0.2) is 0 Å². The molecule has 0 saturated heterocycles. The minimum absolute atomic E-state index is 0.595. The minimum Gasteiger partial charge on any atom is -0.469 e. The van der Waals surface area contributed by atoms with Gasteiger partial charge in [0.1, 0.15) is 11.5 Å². The molecule has 120 valence electrons. The first kappa shape index (κ1) is 16.2. The van der Waals surface area contributed by atoms with Gasteiger partial charge in [0.2, 0.25) is 0 Å². The van der Waals surface area contributed by atoms with Gasteiger partial charge >= 0.3 is 0 Å². The van der Waals surface area contributed by atoms with E-state index in [9.17, 15) is 0 Å². The molecule has 0 spiro atoms. The Morgan fingerprint density at radius 2 is 1.95 bits per heavy atom. The summed E-state index contributed by atoms with van der Waals surface area (Å²) < 4.78 is 15.8. The molecule has 6 heteroatoms. The highest BCUT2D eigenvalue weighted by atomic mass is 16.5. The SMILES string of the molecule is COCCN=C(NCCc1ccco1)N(C)Cc1ccco1. The van der Waals surface area contributed by atoms with Crippen LogP contribution < -0.4 is 5.32 Å². The first-order valence-corrected chi connectivity index (χ1v) is 7.32. The van der Waals surface area contributed by atoms with E-state index in [1.54, 1.807) is 19.6 Å². The molecular weight excluding hydrogens is 282 g/mol. The van der Waals surface area contributed by atoms with Gasteiger partial charge in [0.15, 0.2) is 5.96 Å². The molecule has 2 heterocycles. The smallest absolute Gasteiger partial charge is 0.194 e. The van der Waals surface area contributed by atoms with Crippen molar-refractivity contribution in [1.29, 1.82) is 0 Å². The van der Waals surface area contributed by atoms with Crippen LogP contribution in [-0.2, 0) is 17.7 Å². The van der Waals surface area contributed by atoms with Crippen molar-refractivity contribution in [2.75, 3.05) is 33.9 Å². The molecule has 0 saturated carbocycles. The lowest BCUT2D eigenvalue weighted by Gasteiger charge is -2.21. The molecule has 0 atom stereocenters. The van der Waals surface area contributed by atoms with Crippen LogP contribution in [0.2, 0.25) is 0 Å². The fraction of sp³-hybridized carbons (Fsp3) is 0.438. The maximum absolute atomic E-state index is 5.38. The Labute approximate surface area is 130 Å². The molecule has 0 aliphatic carbocycles. The third kappa shape index (κ3) is 5.29. The summed E-state index contributed by atoms with van der Waals surface area (Å²) >= 11 is 0. The zero-order valence-corrected chi connectivity index (χ0v) is 13.1. The Bertz CT molecular complexity index is 535. The molecule has 22 heavy (non-hydrogen) atoms. The van der Waals surface area contributed by atoms with Crippen molar-refractivity contribution in [3.05, 3.63) is 48.3 Å². The summed E-state index contributed by atoms with van der Waals surface area (Å²) in [5.74, 6) is 2.67. The van der Waals surface area contributed by atoms with E-state index < -0.39 is 0 Å². The molecule has 1 N–H and O–H groups in total. The van der Waals surface area contributed by atoms with Crippen LogP contribution in [0.5, 0.6) is 0 Å². The van der Waals surface area contributed by atoms with Gasteiger partial charge < -0.3 is 23.8 Å². The first-order valence-electron chi connectivity index (χ1n) is 7.32. The number of furan rings is 2. The van der Waals surface area contributed by atoms with Crippen LogP contribution in [0.1, 0.15) is 11.5 Å². The van der Waals surface area contributed by atoms with Gasteiger partial charge in [0.05, 0.1) is 32.2 Å². The molecule has 6 nitrogen and oxygen atoms in total. The highest BCUT2D eigenvalue weighted by Gasteiger charge is 2.09. The second-order valence-electron chi connectivity index (χ2n) is 4.89. The number of nitrogens with one attached hydrogen (secondary N) is 1. The average molecular weight is 305 g/mol. The Balaban J connectivity index is 1.87. The van der Waals surface area contributed by atoms with Crippen molar-refractivity contribution in [2.45, 2.75) is 13.0 Å². The van der Waals surface area contributed by atoms with Gasteiger partial charge in [-0.05, 0) is 24.3 Å². The van der Waals surface area contributed by atoms with E-state index in [1.807, 2.05) is 36.2 Å². The van der Waals surface area contributed by atoms with Crippen molar-refractivity contribution in [3.63, 3.8) is 0 Å². The van der Waals surface area contributed by atoms with E-state index in [0.717, 1.165) is 30.4 Å². The lowest BCUT2D eigenvalue weighted by molar-refractivity contribution is 0.207. The number of ether oxygens (including phenoxy) is 1. The first-order chi connectivity index (χ1) is 10.8. The number of nitrogens with zero attached hydrogens (tertiary/aromatic N) is 2. The summed E-state index contributed by atoms with van der Waals surface area (Å²) in [7, 11) is 3.65. The molecular formula is C16H23N3O3. The van der Waals surface area contributed by atoms with Crippen molar-refractivity contribution in [2.24, 2.45) is 4.99 Å². The predicted octanol–water partition coefficient (Wildman–Crippen LogP) is 2.14. The largest absolute Gasteiger partial charge is 0.469 e. The Kier molecular flexibility index (Phi) is 6.57. The standard InChI is InChI=1S/C16H23N3O3/c1-19(13-15-6-4-11-22-15)16(18-9-12-20-2)17-8-7-14-5-3-10-21-14/h3-6,10-11H,7-9,12-13H2,1-2H3,(H,17,18). The van der Waals surface area contributed by atoms with E-state index in [2.05, 4.69) is 10.3 Å². The number of aliphatic imine (C=N–C) groups is 1. The normalized spacial score (nSPS) is 11.6. The van der Waals surface area contributed by atoms with Crippen LogP contribution in [0.4, 0.5) is 0 Å². The van der Waals surface area contributed by atoms with Gasteiger partial charge in [0, 0.05) is 27.1 Å². The van der Waals surface area contributed by atoms with Crippen molar-refractivity contribution < 1.29 is 13.6 Å². The minimum atomic E-state index is 0.595. The molecule has 0 aromatic carbocycles. The topological polar surface area (TPSA) is 63.1 Å². The summed E-state index contributed by atoms with van der Waals surface area (Å²) in [5, 5.41) is 3.35. The molecule has 0 bridgehead atoms. The fourth-order valence-corrected chi connectivity index (χ4v) is 2.02. The van der Waals surface area contributed by atoms with E-state index in [1.165, 1.54) is 0 Å². The quantitative estimate of drug-likeness (QED) is 0.460. The zero-order chi connectivity index (χ0) is 15.6. The van der Waals surface area contributed by atoms with Crippen molar-refractivity contribution in [3.8, 4) is 0 Å².